The van der Waals surface area contributed by atoms with Gasteiger partial charge in [-0.2, -0.15) is 0 Å². The summed E-state index contributed by atoms with van der Waals surface area (Å²) in [5, 5.41) is 5.94. The van der Waals surface area contributed by atoms with Gasteiger partial charge in [0.2, 0.25) is 11.8 Å². The molecule has 6 nitrogen and oxygen atoms in total. The Morgan fingerprint density at radius 3 is 2.36 bits per heavy atom. The lowest BCUT2D eigenvalue weighted by atomic mass is 10.0. The van der Waals surface area contributed by atoms with Gasteiger partial charge in [0, 0.05) is 4.90 Å². The van der Waals surface area contributed by atoms with Crippen molar-refractivity contribution in [1.29, 1.82) is 0 Å². The Bertz CT molecular complexity index is 1100. The van der Waals surface area contributed by atoms with Crippen LogP contribution in [-0.2, 0) is 9.59 Å². The van der Waals surface area contributed by atoms with Gasteiger partial charge in [-0.05, 0) is 55.6 Å². The van der Waals surface area contributed by atoms with E-state index in [1.54, 1.807) is 30.8 Å². The number of para-hydroxylation sites is 1. The van der Waals surface area contributed by atoms with Crippen LogP contribution >= 0.6 is 11.8 Å². The molecule has 0 saturated heterocycles. The minimum atomic E-state index is -0.669. The van der Waals surface area contributed by atoms with Gasteiger partial charge >= 0.3 is 0 Å². The minimum absolute atomic E-state index is 0.0423. The van der Waals surface area contributed by atoms with Crippen LogP contribution in [0.2, 0.25) is 0 Å². The molecule has 0 aliphatic heterocycles. The molecule has 1 unspecified atom stereocenters. The van der Waals surface area contributed by atoms with E-state index >= 15 is 0 Å². The van der Waals surface area contributed by atoms with Crippen molar-refractivity contribution >= 4 is 35.0 Å². The molecule has 172 valence electrons. The first-order valence-corrected chi connectivity index (χ1v) is 11.8. The molecular formula is C26H29N3O3S. The Labute approximate surface area is 199 Å². The number of ether oxygens (including phenoxy) is 1. The minimum Gasteiger partial charge on any atom is -0.495 e. The first-order chi connectivity index (χ1) is 15.9. The topological polar surface area (TPSA) is 70.7 Å². The van der Waals surface area contributed by atoms with Crippen LogP contribution in [0.1, 0.15) is 17.2 Å². The number of anilines is 2. The Kier molecular flexibility index (Phi) is 8.52. The van der Waals surface area contributed by atoms with Crippen LogP contribution in [0.3, 0.4) is 0 Å². The fourth-order valence-electron chi connectivity index (χ4n) is 3.62. The number of methoxy groups -OCH3 is 1. The van der Waals surface area contributed by atoms with Gasteiger partial charge in [0.15, 0.2) is 0 Å². The highest BCUT2D eigenvalue weighted by molar-refractivity contribution is 7.98. The lowest BCUT2D eigenvalue weighted by Gasteiger charge is -2.27. The molecule has 0 saturated carbocycles. The van der Waals surface area contributed by atoms with E-state index in [2.05, 4.69) is 10.6 Å². The molecule has 0 spiro atoms. The number of nitrogens with zero attached hydrogens (tertiary/aromatic N) is 1. The molecular weight excluding hydrogens is 434 g/mol. The lowest BCUT2D eigenvalue weighted by molar-refractivity contribution is -0.123. The summed E-state index contributed by atoms with van der Waals surface area (Å²) in [6.07, 6.45) is 1.96. The maximum atomic E-state index is 13.4. The number of likely N-dealkylation sites (N-methyl/N-ethyl adjacent to an activating group) is 1. The van der Waals surface area contributed by atoms with Crippen LogP contribution in [-0.4, -0.2) is 43.7 Å². The van der Waals surface area contributed by atoms with Gasteiger partial charge in [0.05, 0.1) is 25.0 Å². The van der Waals surface area contributed by atoms with Gasteiger partial charge in [-0.25, -0.2) is 0 Å². The van der Waals surface area contributed by atoms with E-state index in [0.717, 1.165) is 21.7 Å². The number of benzene rings is 3. The highest BCUT2D eigenvalue weighted by Crippen LogP contribution is 2.29. The molecule has 3 aromatic rings. The van der Waals surface area contributed by atoms with E-state index in [0.29, 0.717) is 11.4 Å². The first-order valence-electron chi connectivity index (χ1n) is 10.6. The van der Waals surface area contributed by atoms with E-state index in [1.807, 2.05) is 86.0 Å². The van der Waals surface area contributed by atoms with Crippen molar-refractivity contribution in [2.45, 2.75) is 17.9 Å². The van der Waals surface area contributed by atoms with Gasteiger partial charge < -0.3 is 15.4 Å². The van der Waals surface area contributed by atoms with Crippen molar-refractivity contribution in [3.8, 4) is 5.75 Å². The Hall–Kier alpha value is -3.29. The molecule has 3 aromatic carbocycles. The second-order valence-electron chi connectivity index (χ2n) is 7.67. The second-order valence-corrected chi connectivity index (χ2v) is 8.52. The lowest BCUT2D eigenvalue weighted by Crippen LogP contribution is -2.39. The monoisotopic (exact) mass is 463 g/mol. The number of amides is 2. The van der Waals surface area contributed by atoms with Crippen molar-refractivity contribution in [1.82, 2.24) is 4.90 Å². The number of thioether (sulfide) groups is 1. The number of nitrogens with one attached hydrogen (secondary N) is 2. The third kappa shape index (κ3) is 6.37. The van der Waals surface area contributed by atoms with E-state index in [9.17, 15) is 9.59 Å². The normalized spacial score (nSPS) is 11.7. The van der Waals surface area contributed by atoms with Crippen LogP contribution in [0.15, 0.2) is 77.7 Å². The van der Waals surface area contributed by atoms with E-state index < -0.39 is 6.04 Å². The molecule has 33 heavy (non-hydrogen) atoms. The van der Waals surface area contributed by atoms with E-state index in [4.69, 9.17) is 4.74 Å². The van der Waals surface area contributed by atoms with Gasteiger partial charge in [-0.1, -0.05) is 48.5 Å². The number of carbonyl (C=O) groups is 2. The molecule has 0 fully saturated rings. The summed E-state index contributed by atoms with van der Waals surface area (Å²) >= 11 is 1.57. The van der Waals surface area contributed by atoms with E-state index in [-0.39, 0.29) is 18.4 Å². The number of rotatable bonds is 9. The maximum absolute atomic E-state index is 13.4. The van der Waals surface area contributed by atoms with Gasteiger partial charge in [-0.3, -0.25) is 14.5 Å². The molecule has 0 radical (unpaired) electrons. The van der Waals surface area contributed by atoms with Crippen LogP contribution in [0.25, 0.3) is 0 Å². The largest absolute Gasteiger partial charge is 0.495 e. The number of hydrogen-bond donors (Lipinski definition) is 2. The molecule has 0 bridgehead atoms. The number of hydrogen-bond acceptors (Lipinski definition) is 5. The molecule has 0 aromatic heterocycles. The predicted molar refractivity (Wildman–Crippen MR) is 135 cm³/mol. The summed E-state index contributed by atoms with van der Waals surface area (Å²) in [6, 6.07) is 22.0. The van der Waals surface area contributed by atoms with E-state index in [1.165, 1.54) is 0 Å². The smallest absolute Gasteiger partial charge is 0.246 e. The molecule has 0 heterocycles. The molecule has 3 rings (SSSR count). The van der Waals surface area contributed by atoms with Gasteiger partial charge in [0.25, 0.3) is 0 Å². The van der Waals surface area contributed by atoms with Gasteiger partial charge in [-0.15, -0.1) is 11.8 Å². The standard InChI is InChI=1S/C26H29N3O3S/c1-18-14-15-22(32-3)21(16-18)28-26(31)25(19-10-6-5-7-11-19)29(2)17-24(30)27-20-12-8-9-13-23(20)33-4/h5-16,25H,17H2,1-4H3,(H,27,30)(H,28,31). The second kappa shape index (κ2) is 11.5. The molecule has 0 aliphatic rings. The molecule has 2 N–H and O–H groups in total. The number of aryl methyl sites for hydroxylation is 1. The average Bonchev–Trinajstić information content (AvgIpc) is 2.80. The molecule has 0 aliphatic carbocycles. The summed E-state index contributed by atoms with van der Waals surface area (Å²) < 4.78 is 5.41. The third-order valence-corrected chi connectivity index (χ3v) is 5.99. The van der Waals surface area contributed by atoms with Crippen LogP contribution in [0, 0.1) is 6.92 Å². The Morgan fingerprint density at radius 2 is 1.67 bits per heavy atom. The fourth-order valence-corrected chi connectivity index (χ4v) is 4.17. The first kappa shape index (κ1) is 24.4. The highest BCUT2D eigenvalue weighted by Gasteiger charge is 2.27. The average molecular weight is 464 g/mol. The molecule has 1 atom stereocenters. The zero-order valence-corrected chi connectivity index (χ0v) is 20.1. The SMILES string of the molecule is COc1ccc(C)cc1NC(=O)C(c1ccccc1)N(C)CC(=O)Nc1ccccc1SC. The Morgan fingerprint density at radius 1 is 0.970 bits per heavy atom. The summed E-state index contributed by atoms with van der Waals surface area (Å²) in [5.74, 6) is 0.139. The quantitative estimate of drug-likeness (QED) is 0.438. The summed E-state index contributed by atoms with van der Waals surface area (Å²) in [4.78, 5) is 29.0. The van der Waals surface area contributed by atoms with Crippen LogP contribution in [0.4, 0.5) is 11.4 Å². The third-order valence-electron chi connectivity index (χ3n) is 5.19. The predicted octanol–water partition coefficient (Wildman–Crippen LogP) is 4.98. The fraction of sp³-hybridized carbons (Fsp3) is 0.231. The molecule has 2 amide bonds. The maximum Gasteiger partial charge on any atom is 0.246 e. The summed E-state index contributed by atoms with van der Waals surface area (Å²) in [6.45, 7) is 1.99. The van der Waals surface area contributed by atoms with Crippen molar-refractivity contribution in [3.63, 3.8) is 0 Å². The van der Waals surface area contributed by atoms with Crippen LogP contribution in [0.5, 0.6) is 5.75 Å². The summed E-state index contributed by atoms with van der Waals surface area (Å²) in [5.41, 5.74) is 3.15. The van der Waals surface area contributed by atoms with Crippen molar-refractivity contribution < 1.29 is 14.3 Å². The zero-order chi connectivity index (χ0) is 23.8. The highest BCUT2D eigenvalue weighted by atomic mass is 32.2. The van der Waals surface area contributed by atoms with Crippen LogP contribution < -0.4 is 15.4 Å². The zero-order valence-electron chi connectivity index (χ0n) is 19.3. The van der Waals surface area contributed by atoms with Crippen molar-refractivity contribution in [2.24, 2.45) is 0 Å². The summed E-state index contributed by atoms with van der Waals surface area (Å²) in [7, 11) is 3.34. The molecule has 7 heteroatoms. The van der Waals surface area contributed by atoms with Crippen molar-refractivity contribution in [2.75, 3.05) is 37.6 Å². The number of carbonyl (C=O) groups excluding carboxylic acids is 2. The Balaban J connectivity index is 1.81. The van der Waals surface area contributed by atoms with Gasteiger partial charge in [0.1, 0.15) is 11.8 Å². The van der Waals surface area contributed by atoms with Crippen molar-refractivity contribution in [3.05, 3.63) is 83.9 Å².